The van der Waals surface area contributed by atoms with Crippen molar-refractivity contribution in [3.05, 3.63) is 108 Å². The molecule has 11 amide bonds. The fourth-order valence-electron chi connectivity index (χ4n) is 9.02. The molecule has 89 heavy (non-hydrogen) atoms. The van der Waals surface area contributed by atoms with Crippen molar-refractivity contribution in [2.75, 3.05) is 84.0 Å². The molecule has 0 aliphatic carbocycles. The highest BCUT2D eigenvalue weighted by Gasteiger charge is 2.24. The van der Waals surface area contributed by atoms with Crippen LogP contribution >= 0.6 is 0 Å². The summed E-state index contributed by atoms with van der Waals surface area (Å²) in [5.41, 5.74) is 2.27. The second-order valence-corrected chi connectivity index (χ2v) is 21.1. The minimum Gasteiger partial charge on any atom is -0.356 e. The molecule has 0 radical (unpaired) electrons. The van der Waals surface area contributed by atoms with Crippen LogP contribution in [0.5, 0.6) is 0 Å². The number of imidazole rings is 3. The fraction of sp³-hybridized carbons (Fsp3) is 0.357. The summed E-state index contributed by atoms with van der Waals surface area (Å²) < 4.78 is 10.3. The van der Waals surface area contributed by atoms with Crippen LogP contribution in [0.25, 0.3) is 0 Å². The first-order valence-corrected chi connectivity index (χ1v) is 27.9. The molecule has 0 saturated carbocycles. The summed E-state index contributed by atoms with van der Waals surface area (Å²) in [6.45, 7) is 2.91. The number of amides is 11. The quantitative estimate of drug-likeness (QED) is 0.0308. The molecule has 0 spiro atoms. The Hall–Kier alpha value is -11.1. The maximum atomic E-state index is 13.4. The van der Waals surface area contributed by atoms with E-state index in [1.165, 1.54) is 83.4 Å². The molecule has 0 fully saturated rings. The van der Waals surface area contributed by atoms with E-state index in [4.69, 9.17) is 0 Å². The Morgan fingerprint density at radius 3 is 1.21 bits per heavy atom. The van der Waals surface area contributed by atoms with Gasteiger partial charge in [0.25, 0.3) is 41.4 Å². The molecule has 0 bridgehead atoms. The van der Waals surface area contributed by atoms with E-state index in [0.717, 1.165) is 13.0 Å². The Balaban J connectivity index is 0.796. The lowest BCUT2D eigenvalue weighted by Gasteiger charge is -2.10. The lowest BCUT2D eigenvalue weighted by Crippen LogP contribution is -2.32. The average molecular weight is 1230 g/mol. The Bertz CT molecular complexity index is 3850. The maximum absolute atomic E-state index is 13.4. The van der Waals surface area contributed by atoms with E-state index in [-0.39, 0.29) is 121 Å². The Morgan fingerprint density at radius 1 is 0.360 bits per heavy atom. The normalized spacial score (nSPS) is 11.0. The topological polar surface area (TPSA) is 397 Å². The Kier molecular flexibility index (Phi) is 21.6. The Morgan fingerprint density at radius 2 is 0.719 bits per heavy atom. The number of rotatable bonds is 28. The second-order valence-electron chi connectivity index (χ2n) is 21.1. The van der Waals surface area contributed by atoms with Crippen LogP contribution in [0.3, 0.4) is 0 Å². The van der Waals surface area contributed by atoms with E-state index >= 15 is 0 Å². The van der Waals surface area contributed by atoms with E-state index in [1.807, 2.05) is 19.0 Å². The van der Waals surface area contributed by atoms with Gasteiger partial charge in [-0.25, -0.2) is 15.0 Å². The third kappa shape index (κ3) is 18.0. The predicted molar refractivity (Wildman–Crippen MR) is 326 cm³/mol. The first kappa shape index (κ1) is 65.4. The van der Waals surface area contributed by atoms with Gasteiger partial charge in [0.2, 0.25) is 41.1 Å². The number of nitrogens with one attached hydrogen (secondary N) is 11. The first-order chi connectivity index (χ1) is 42.2. The van der Waals surface area contributed by atoms with Crippen LogP contribution in [0.15, 0.2) is 67.6 Å². The molecular formula is C56H72N22O11. The summed E-state index contributed by atoms with van der Waals surface area (Å²) in [5, 5.41) is 29.5. The van der Waals surface area contributed by atoms with Crippen LogP contribution in [0, 0.1) is 0 Å². The summed E-state index contributed by atoms with van der Waals surface area (Å²) in [4.78, 5) is 156. The van der Waals surface area contributed by atoms with Crippen LogP contribution in [0.4, 0.5) is 40.2 Å². The van der Waals surface area contributed by atoms with Gasteiger partial charge in [0.1, 0.15) is 22.8 Å². The number of carbonyl (C=O) groups excluding carboxylic acids is 11. The van der Waals surface area contributed by atoms with Gasteiger partial charge in [-0.05, 0) is 57.7 Å². The van der Waals surface area contributed by atoms with E-state index in [9.17, 15) is 52.7 Å². The van der Waals surface area contributed by atoms with Gasteiger partial charge in [-0.1, -0.05) is 0 Å². The number of hydrogen-bond donors (Lipinski definition) is 11. The van der Waals surface area contributed by atoms with E-state index in [1.54, 1.807) is 72.5 Å². The van der Waals surface area contributed by atoms with Gasteiger partial charge in [-0.3, -0.25) is 52.7 Å². The highest BCUT2D eigenvalue weighted by molar-refractivity contribution is 6.08. The van der Waals surface area contributed by atoms with Gasteiger partial charge in [0.15, 0.2) is 17.5 Å². The number of aryl methyl sites for hydroxylation is 7. The summed E-state index contributed by atoms with van der Waals surface area (Å²) in [5.74, 6) is -5.24. The molecule has 7 heterocycles. The van der Waals surface area contributed by atoms with Crippen LogP contribution in [-0.2, 0) is 68.5 Å². The zero-order valence-electron chi connectivity index (χ0n) is 50.8. The van der Waals surface area contributed by atoms with Crippen molar-refractivity contribution in [2.24, 2.45) is 49.3 Å². The summed E-state index contributed by atoms with van der Waals surface area (Å²) in [7, 11) is 15.1. The monoisotopic (exact) mass is 1230 g/mol. The largest absolute Gasteiger partial charge is 0.356 e. The van der Waals surface area contributed by atoms with Gasteiger partial charge in [-0.2, -0.15) is 0 Å². The minimum absolute atomic E-state index is 0.0171. The number of hydrogen-bond acceptors (Lipinski definition) is 15. The van der Waals surface area contributed by atoms with Crippen molar-refractivity contribution < 1.29 is 52.7 Å². The lowest BCUT2D eigenvalue weighted by molar-refractivity contribution is -0.121. The molecule has 0 aliphatic heterocycles. The predicted octanol–water partition coefficient (Wildman–Crippen LogP) is 1.30. The fourth-order valence-corrected chi connectivity index (χ4v) is 9.02. The van der Waals surface area contributed by atoms with Crippen LogP contribution in [0.1, 0.15) is 113 Å². The molecule has 7 aromatic heterocycles. The van der Waals surface area contributed by atoms with Gasteiger partial charge in [0, 0.05) is 145 Å². The van der Waals surface area contributed by atoms with Crippen molar-refractivity contribution in [3.8, 4) is 0 Å². The zero-order valence-corrected chi connectivity index (χ0v) is 50.8. The third-order valence-electron chi connectivity index (χ3n) is 13.3. The SMILES string of the molecule is CC(=O)Nc1cc(C(=O)Nc2cn(C)c(C(=O)NCCC(=O)Nc3cc(C(=O)NCCCC(=O)Nc4cn(C)c(C(=O)Nc5cn(C)c(C(=O)Nc6cc(C(=O)Nc7cc(C(=O)NCCC(=O)NCCCN(C)C)n(C)c7)n(C)c6)n5)n4)n(C)c3)n2)n(C)c1. The molecular weight excluding hydrogens is 1160 g/mol. The second kappa shape index (κ2) is 29.3. The zero-order chi connectivity index (χ0) is 64.8. The van der Waals surface area contributed by atoms with E-state index in [0.29, 0.717) is 23.6 Å². The van der Waals surface area contributed by atoms with Crippen molar-refractivity contribution in [2.45, 2.75) is 39.0 Å². The standard InChI is InChI=1S/C56H72N22O11/c1-32(79)61-33-21-40(74(6)25-33)53(86)69-42-30-76(8)47(67-42)54(87)60-19-15-46(82)62-34-22-37(72(4)26-34)50(83)58-16-11-13-45(81)65-41-29-77(9)49(66-41)56(89)70-43-31-78(10)48(68-43)55(88)64-36-24-39(75(7)28-36)52(85)63-35-23-38(73(5)27-35)51(84)59-18-14-44(80)57-17-12-20-71(2)3/h21-31H,11-20H2,1-10H3,(H,57,80)(H,58,83)(H,59,84)(H,60,87)(H,61,79)(H,62,82)(H,63,85)(H,64,88)(H,65,81)(H,69,86)(H,70,89). The molecule has 0 aliphatic rings. The molecule has 33 nitrogen and oxygen atoms in total. The van der Waals surface area contributed by atoms with Gasteiger partial charge in [0.05, 0.1) is 22.7 Å². The van der Waals surface area contributed by atoms with Crippen LogP contribution in [0.2, 0.25) is 0 Å². The molecule has 0 saturated heterocycles. The maximum Gasteiger partial charge on any atom is 0.292 e. The summed E-state index contributed by atoms with van der Waals surface area (Å²) >= 11 is 0. The van der Waals surface area contributed by atoms with Crippen LogP contribution in [-0.4, -0.2) is 164 Å². The number of aromatic nitrogens is 10. The molecule has 11 N–H and O–H groups in total. The molecule has 33 heteroatoms. The molecule has 7 aromatic rings. The summed E-state index contributed by atoms with van der Waals surface area (Å²) in [6, 6.07) is 5.93. The molecule has 0 atom stereocenters. The Labute approximate surface area is 509 Å². The van der Waals surface area contributed by atoms with Gasteiger partial charge in [-0.15, -0.1) is 0 Å². The van der Waals surface area contributed by atoms with Crippen molar-refractivity contribution in [3.63, 3.8) is 0 Å². The first-order valence-electron chi connectivity index (χ1n) is 27.9. The van der Waals surface area contributed by atoms with Crippen LogP contribution < -0.4 is 58.5 Å². The minimum atomic E-state index is -0.698. The van der Waals surface area contributed by atoms with Gasteiger partial charge < -0.3 is 95.4 Å². The van der Waals surface area contributed by atoms with Crippen molar-refractivity contribution in [1.82, 2.24) is 73.1 Å². The van der Waals surface area contributed by atoms with E-state index in [2.05, 4.69) is 73.4 Å². The average Bonchev–Trinajstić information content (AvgIpc) is 1.98. The smallest absolute Gasteiger partial charge is 0.292 e. The van der Waals surface area contributed by atoms with Crippen molar-refractivity contribution in [1.29, 1.82) is 0 Å². The molecule has 7 rings (SSSR count). The number of nitrogens with zero attached hydrogens (tertiary/aromatic N) is 11. The lowest BCUT2D eigenvalue weighted by atomic mass is 10.3. The highest BCUT2D eigenvalue weighted by Crippen LogP contribution is 2.21. The summed E-state index contributed by atoms with van der Waals surface area (Å²) in [6.07, 6.45) is 11.5. The molecule has 472 valence electrons. The number of anilines is 7. The van der Waals surface area contributed by atoms with Gasteiger partial charge >= 0.3 is 0 Å². The third-order valence-corrected chi connectivity index (χ3v) is 13.3. The highest BCUT2D eigenvalue weighted by atomic mass is 16.2. The number of carbonyl (C=O) groups is 11. The molecule has 0 aromatic carbocycles. The van der Waals surface area contributed by atoms with Crippen molar-refractivity contribution >= 4 is 105 Å². The van der Waals surface area contributed by atoms with E-state index < -0.39 is 53.2 Å². The molecule has 0 unspecified atom stereocenters.